The Morgan fingerprint density at radius 2 is 1.96 bits per heavy atom. The fraction of sp³-hybridized carbons (Fsp3) is 0.125. The molecule has 0 bridgehead atoms. The summed E-state index contributed by atoms with van der Waals surface area (Å²) in [6.07, 6.45) is 1.58. The molecule has 2 aromatic rings. The summed E-state index contributed by atoms with van der Waals surface area (Å²) in [5.74, 6) is 1.29. The van der Waals surface area contributed by atoms with E-state index in [1.165, 1.54) is 0 Å². The van der Waals surface area contributed by atoms with Gasteiger partial charge in [-0.25, -0.2) is 0 Å². The average Bonchev–Trinajstić information content (AvgIpc) is 3.01. The lowest BCUT2D eigenvalue weighted by Gasteiger charge is -2.07. The summed E-state index contributed by atoms with van der Waals surface area (Å²) in [5, 5.41) is 8.11. The predicted octanol–water partition coefficient (Wildman–Crippen LogP) is 3.07. The van der Waals surface area contributed by atoms with Gasteiger partial charge < -0.3 is 14.8 Å². The maximum absolute atomic E-state index is 6.16. The molecule has 0 atom stereocenters. The van der Waals surface area contributed by atoms with E-state index in [2.05, 4.69) is 15.8 Å². The van der Waals surface area contributed by atoms with Crippen LogP contribution in [0.4, 0.5) is 0 Å². The van der Waals surface area contributed by atoms with Gasteiger partial charge in [0.05, 0.1) is 11.2 Å². The van der Waals surface area contributed by atoms with Gasteiger partial charge in [0.15, 0.2) is 16.6 Å². The average molecular weight is 348 g/mol. The highest BCUT2D eigenvalue weighted by molar-refractivity contribution is 7.80. The molecule has 23 heavy (non-hydrogen) atoms. The SMILES string of the molecule is S=C(NCc1ccccc1)N/N=C\c1cc2c(cc1Cl)OCO2. The number of rotatable bonds is 4. The van der Waals surface area contributed by atoms with E-state index >= 15 is 0 Å². The number of thiocarbonyl (C=S) groups is 1. The highest BCUT2D eigenvalue weighted by Crippen LogP contribution is 2.36. The minimum Gasteiger partial charge on any atom is -0.454 e. The molecule has 0 radical (unpaired) electrons. The molecule has 2 N–H and O–H groups in total. The molecule has 0 spiro atoms. The summed E-state index contributed by atoms with van der Waals surface area (Å²) in [4.78, 5) is 0. The number of hydrazone groups is 1. The lowest BCUT2D eigenvalue weighted by Crippen LogP contribution is -2.31. The maximum Gasteiger partial charge on any atom is 0.231 e. The Morgan fingerprint density at radius 1 is 1.22 bits per heavy atom. The van der Waals surface area contributed by atoms with Crippen LogP contribution in [0.25, 0.3) is 0 Å². The number of ether oxygens (including phenoxy) is 2. The van der Waals surface area contributed by atoms with Crippen molar-refractivity contribution in [3.05, 3.63) is 58.6 Å². The summed E-state index contributed by atoms with van der Waals surface area (Å²) in [6, 6.07) is 13.4. The lowest BCUT2D eigenvalue weighted by atomic mass is 10.2. The standard InChI is InChI=1S/C16H14ClN3O2S/c17-13-7-15-14(21-10-22-15)6-12(13)9-19-20-16(23)18-8-11-4-2-1-3-5-11/h1-7,9H,8,10H2,(H2,18,20,23)/b19-9-. The van der Waals surface area contributed by atoms with Gasteiger partial charge >= 0.3 is 0 Å². The van der Waals surface area contributed by atoms with Crippen LogP contribution in [0.2, 0.25) is 5.02 Å². The Labute approximate surface area is 144 Å². The number of nitrogens with zero attached hydrogens (tertiary/aromatic N) is 1. The van der Waals surface area contributed by atoms with Crippen LogP contribution in [0.1, 0.15) is 11.1 Å². The van der Waals surface area contributed by atoms with Crippen LogP contribution in [-0.2, 0) is 6.54 Å². The number of halogens is 1. The van der Waals surface area contributed by atoms with Gasteiger partial charge in [0.2, 0.25) is 6.79 Å². The molecule has 5 nitrogen and oxygen atoms in total. The largest absolute Gasteiger partial charge is 0.454 e. The molecule has 0 aliphatic carbocycles. The number of hydrogen-bond donors (Lipinski definition) is 2. The van der Waals surface area contributed by atoms with Crippen molar-refractivity contribution >= 4 is 35.1 Å². The van der Waals surface area contributed by atoms with Crippen LogP contribution in [0.3, 0.4) is 0 Å². The highest BCUT2D eigenvalue weighted by atomic mass is 35.5. The van der Waals surface area contributed by atoms with Crippen LogP contribution in [0.15, 0.2) is 47.6 Å². The number of hydrogen-bond acceptors (Lipinski definition) is 4. The molecule has 118 valence electrons. The molecular formula is C16H14ClN3O2S. The topological polar surface area (TPSA) is 54.9 Å². The van der Waals surface area contributed by atoms with Gasteiger partial charge in [0.25, 0.3) is 0 Å². The van der Waals surface area contributed by atoms with Gasteiger partial charge in [-0.1, -0.05) is 41.9 Å². The molecule has 0 saturated heterocycles. The van der Waals surface area contributed by atoms with E-state index in [0.717, 1.165) is 5.56 Å². The summed E-state index contributed by atoms with van der Waals surface area (Å²) < 4.78 is 10.6. The fourth-order valence-electron chi connectivity index (χ4n) is 2.01. The van der Waals surface area contributed by atoms with E-state index in [1.807, 2.05) is 30.3 Å². The third-order valence-electron chi connectivity index (χ3n) is 3.16. The number of benzene rings is 2. The van der Waals surface area contributed by atoms with E-state index in [1.54, 1.807) is 18.3 Å². The zero-order chi connectivity index (χ0) is 16.1. The molecular weight excluding hydrogens is 334 g/mol. The first kappa shape index (κ1) is 15.6. The number of nitrogens with one attached hydrogen (secondary N) is 2. The minimum absolute atomic E-state index is 0.206. The van der Waals surface area contributed by atoms with Crippen molar-refractivity contribution in [3.63, 3.8) is 0 Å². The summed E-state index contributed by atoms with van der Waals surface area (Å²) in [6.45, 7) is 0.838. The first-order valence-corrected chi connectivity index (χ1v) is 7.71. The quantitative estimate of drug-likeness (QED) is 0.506. The first-order valence-electron chi connectivity index (χ1n) is 6.92. The summed E-state index contributed by atoms with van der Waals surface area (Å²) >= 11 is 11.3. The van der Waals surface area contributed by atoms with E-state index in [9.17, 15) is 0 Å². The van der Waals surface area contributed by atoms with Crippen molar-refractivity contribution in [1.29, 1.82) is 0 Å². The lowest BCUT2D eigenvalue weighted by molar-refractivity contribution is 0.174. The molecule has 0 aromatic heterocycles. The van der Waals surface area contributed by atoms with E-state index in [0.29, 0.717) is 33.7 Å². The molecule has 0 amide bonds. The molecule has 1 aliphatic heterocycles. The maximum atomic E-state index is 6.16. The molecule has 2 aromatic carbocycles. The Kier molecular flexibility index (Phi) is 4.95. The molecule has 0 fully saturated rings. The van der Waals surface area contributed by atoms with Gasteiger partial charge in [-0.05, 0) is 23.8 Å². The van der Waals surface area contributed by atoms with E-state index in [4.69, 9.17) is 33.3 Å². The summed E-state index contributed by atoms with van der Waals surface area (Å²) in [5.41, 5.74) is 4.61. The normalized spacial score (nSPS) is 12.4. The third-order valence-corrected chi connectivity index (χ3v) is 3.72. The van der Waals surface area contributed by atoms with Gasteiger partial charge in [-0.15, -0.1) is 0 Å². The molecule has 7 heteroatoms. The predicted molar refractivity (Wildman–Crippen MR) is 94.2 cm³/mol. The van der Waals surface area contributed by atoms with Crippen LogP contribution in [0, 0.1) is 0 Å². The smallest absolute Gasteiger partial charge is 0.231 e. The van der Waals surface area contributed by atoms with E-state index < -0.39 is 0 Å². The van der Waals surface area contributed by atoms with Crippen LogP contribution >= 0.6 is 23.8 Å². The minimum atomic E-state index is 0.206. The van der Waals surface area contributed by atoms with Gasteiger partial charge in [-0.3, -0.25) is 5.43 Å². The number of fused-ring (bicyclic) bond motifs is 1. The third kappa shape index (κ3) is 4.12. The Bertz CT molecular complexity index is 738. The van der Waals surface area contributed by atoms with Crippen molar-refractivity contribution in [2.75, 3.05) is 6.79 Å². The Balaban J connectivity index is 1.53. The van der Waals surface area contributed by atoms with Crippen LogP contribution in [0.5, 0.6) is 11.5 Å². The van der Waals surface area contributed by atoms with Crippen molar-refractivity contribution in [3.8, 4) is 11.5 Å². The highest BCUT2D eigenvalue weighted by Gasteiger charge is 2.15. The summed E-state index contributed by atoms with van der Waals surface area (Å²) in [7, 11) is 0. The van der Waals surface area contributed by atoms with Crippen molar-refractivity contribution < 1.29 is 9.47 Å². The van der Waals surface area contributed by atoms with Gasteiger partial charge in [0.1, 0.15) is 0 Å². The molecule has 1 aliphatic rings. The molecule has 1 heterocycles. The van der Waals surface area contributed by atoms with E-state index in [-0.39, 0.29) is 6.79 Å². The van der Waals surface area contributed by atoms with Crippen LogP contribution < -0.4 is 20.2 Å². The Hall–Kier alpha value is -2.31. The van der Waals surface area contributed by atoms with Crippen LogP contribution in [-0.4, -0.2) is 18.1 Å². The molecule has 3 rings (SSSR count). The van der Waals surface area contributed by atoms with Crippen molar-refractivity contribution in [2.24, 2.45) is 5.10 Å². The van der Waals surface area contributed by atoms with Gasteiger partial charge in [0, 0.05) is 18.2 Å². The second-order valence-corrected chi connectivity index (χ2v) is 5.58. The monoisotopic (exact) mass is 347 g/mol. The molecule has 0 saturated carbocycles. The van der Waals surface area contributed by atoms with Gasteiger partial charge in [-0.2, -0.15) is 5.10 Å². The molecule has 0 unspecified atom stereocenters. The fourth-order valence-corrected chi connectivity index (χ4v) is 2.34. The second-order valence-electron chi connectivity index (χ2n) is 4.77. The first-order chi connectivity index (χ1) is 11.2. The van der Waals surface area contributed by atoms with Crippen molar-refractivity contribution in [2.45, 2.75) is 6.54 Å². The second kappa shape index (κ2) is 7.30. The van der Waals surface area contributed by atoms with Crippen molar-refractivity contribution in [1.82, 2.24) is 10.7 Å². The zero-order valence-corrected chi connectivity index (χ0v) is 13.7. The Morgan fingerprint density at radius 3 is 2.74 bits per heavy atom. The zero-order valence-electron chi connectivity index (χ0n) is 12.1.